The van der Waals surface area contributed by atoms with E-state index in [2.05, 4.69) is 0 Å². The van der Waals surface area contributed by atoms with E-state index >= 15 is 0 Å². The molecule has 0 aliphatic rings. The van der Waals surface area contributed by atoms with E-state index in [-0.39, 0.29) is 29.2 Å². The first-order valence-corrected chi connectivity index (χ1v) is 14.2. The van der Waals surface area contributed by atoms with Crippen molar-refractivity contribution in [2.45, 2.75) is 37.5 Å². The number of carbonyl (C=O) groups excluding carboxylic acids is 1. The van der Waals surface area contributed by atoms with Gasteiger partial charge in [-0.05, 0) is 43.7 Å². The van der Waals surface area contributed by atoms with E-state index < -0.39 is 46.0 Å². The first kappa shape index (κ1) is 29.8. The lowest BCUT2D eigenvalue weighted by Gasteiger charge is -2.26. The summed E-state index contributed by atoms with van der Waals surface area (Å²) < 4.78 is 37.9. The monoisotopic (exact) mass is 578 g/mol. The molecule has 0 spiro atoms. The number of carbonyl (C=O) groups is 1. The first-order chi connectivity index (χ1) is 19.6. The number of hydrogen-bond acceptors (Lipinski definition) is 8. The van der Waals surface area contributed by atoms with E-state index in [0.717, 1.165) is 15.7 Å². The predicted molar refractivity (Wildman–Crippen MR) is 151 cm³/mol. The number of rotatable bonds is 11. The summed E-state index contributed by atoms with van der Waals surface area (Å²) in [7, 11) is -4.23. The van der Waals surface area contributed by atoms with Gasteiger partial charge in [-0.25, -0.2) is 4.79 Å². The normalized spacial score (nSPS) is 13.0. The number of ether oxygens (including phenoxy) is 1. The number of nitrogens with zero attached hydrogens (tertiary/aromatic N) is 2. The van der Waals surface area contributed by atoms with E-state index in [1.165, 1.54) is 37.4 Å². The molecule has 3 aromatic carbocycles. The Morgan fingerprint density at radius 1 is 0.878 bits per heavy atom. The quantitative estimate of drug-likeness (QED) is 0.269. The summed E-state index contributed by atoms with van der Waals surface area (Å²) in [5, 5.41) is 11.1. The van der Waals surface area contributed by atoms with Crippen molar-refractivity contribution < 1.29 is 27.2 Å². The molecule has 1 N–H and O–H groups in total. The number of benzene rings is 3. The number of aliphatic hydroxyl groups is 1. The number of aliphatic hydroxyl groups excluding tert-OH is 1. The van der Waals surface area contributed by atoms with E-state index in [1.807, 2.05) is 37.3 Å². The van der Waals surface area contributed by atoms with Crippen molar-refractivity contribution in [3.05, 3.63) is 134 Å². The van der Waals surface area contributed by atoms with E-state index in [0.29, 0.717) is 4.57 Å². The Morgan fingerprint density at radius 2 is 1.49 bits per heavy atom. The molecule has 0 aliphatic carbocycles. The molecule has 1 heterocycles. The largest absolute Gasteiger partial charge is 0.388 e. The highest BCUT2D eigenvalue weighted by molar-refractivity contribution is 7.86. The van der Waals surface area contributed by atoms with Gasteiger partial charge in [0.2, 0.25) is 0 Å². The molecule has 41 heavy (non-hydrogen) atoms. The minimum absolute atomic E-state index is 0.0577. The second-order valence-corrected chi connectivity index (χ2v) is 11.1. The molecule has 2 atom stereocenters. The number of aryl methyl sites for hydroxylation is 2. The van der Waals surface area contributed by atoms with Crippen molar-refractivity contribution in [1.82, 2.24) is 9.13 Å². The van der Waals surface area contributed by atoms with Gasteiger partial charge in [0.05, 0.1) is 30.8 Å². The molecule has 0 amide bonds. The fraction of sp³-hybridized carbons (Fsp3) is 0.233. The van der Waals surface area contributed by atoms with E-state index in [4.69, 9.17) is 8.92 Å². The molecule has 0 fully saturated rings. The Labute approximate surface area is 237 Å². The molecule has 0 bridgehead atoms. The van der Waals surface area contributed by atoms with Crippen molar-refractivity contribution in [2.24, 2.45) is 0 Å². The van der Waals surface area contributed by atoms with Crippen LogP contribution in [0.3, 0.4) is 0 Å². The Kier molecular flexibility index (Phi) is 9.46. The maximum atomic E-state index is 13.6. The fourth-order valence-electron chi connectivity index (χ4n) is 4.12. The van der Waals surface area contributed by atoms with Crippen LogP contribution in [0, 0.1) is 13.8 Å². The maximum Gasteiger partial charge on any atom is 0.338 e. The lowest BCUT2D eigenvalue weighted by Crippen LogP contribution is -2.48. The van der Waals surface area contributed by atoms with Crippen molar-refractivity contribution in [1.29, 1.82) is 0 Å². The van der Waals surface area contributed by atoms with Crippen LogP contribution in [0.2, 0.25) is 0 Å². The van der Waals surface area contributed by atoms with Crippen LogP contribution < -0.4 is 11.2 Å². The lowest BCUT2D eigenvalue weighted by molar-refractivity contribution is 0.00451. The molecule has 0 radical (unpaired) electrons. The summed E-state index contributed by atoms with van der Waals surface area (Å²) in [6.07, 6.45) is -0.367. The third-order valence-corrected chi connectivity index (χ3v) is 7.71. The standard InChI is InChI=1S/C30H30N2O8S/c1-21-13-15-25(16-14-21)41(37,38)40-20-27(33)26(19-39-18-23-9-5-3-6-10-23)31-17-22(2)28(34)32(30(31)36)29(35)24-11-7-4-8-12-24/h3-17,26-27,33H,18-20H2,1-2H3/t26-,27-/m1/s1. The summed E-state index contributed by atoms with van der Waals surface area (Å²) in [5.74, 6) is -0.838. The molecule has 4 rings (SSSR count). The zero-order valence-corrected chi connectivity index (χ0v) is 23.4. The Hall–Kier alpha value is -4.16. The van der Waals surface area contributed by atoms with Crippen molar-refractivity contribution in [3.63, 3.8) is 0 Å². The van der Waals surface area contributed by atoms with Gasteiger partial charge in [-0.1, -0.05) is 66.2 Å². The van der Waals surface area contributed by atoms with Gasteiger partial charge in [-0.3, -0.25) is 18.3 Å². The van der Waals surface area contributed by atoms with E-state index in [1.54, 1.807) is 30.3 Å². The van der Waals surface area contributed by atoms with Gasteiger partial charge in [-0.2, -0.15) is 13.0 Å². The second-order valence-electron chi connectivity index (χ2n) is 9.50. The van der Waals surface area contributed by atoms with Crippen molar-refractivity contribution in [2.75, 3.05) is 13.2 Å². The summed E-state index contributed by atoms with van der Waals surface area (Å²) in [4.78, 5) is 39.6. The molecule has 0 aliphatic heterocycles. The highest BCUT2D eigenvalue weighted by Gasteiger charge is 2.29. The Bertz CT molecular complexity index is 1710. The Balaban J connectivity index is 1.67. The summed E-state index contributed by atoms with van der Waals surface area (Å²) in [5.41, 5.74) is 0.0392. The van der Waals surface area contributed by atoms with Crippen LogP contribution in [0.4, 0.5) is 0 Å². The molecule has 0 unspecified atom stereocenters. The van der Waals surface area contributed by atoms with Gasteiger partial charge < -0.3 is 9.84 Å². The van der Waals surface area contributed by atoms with Crippen molar-refractivity contribution in [3.8, 4) is 0 Å². The average molecular weight is 579 g/mol. The lowest BCUT2D eigenvalue weighted by atomic mass is 10.1. The molecule has 1 aromatic heterocycles. The zero-order chi connectivity index (χ0) is 29.6. The summed E-state index contributed by atoms with van der Waals surface area (Å²) in [6.45, 7) is 2.39. The third kappa shape index (κ3) is 7.14. The van der Waals surface area contributed by atoms with Gasteiger partial charge in [0.1, 0.15) is 6.10 Å². The van der Waals surface area contributed by atoms with Gasteiger partial charge in [-0.15, -0.1) is 0 Å². The number of hydrogen-bond donors (Lipinski definition) is 1. The highest BCUT2D eigenvalue weighted by Crippen LogP contribution is 2.18. The molecule has 10 nitrogen and oxygen atoms in total. The maximum absolute atomic E-state index is 13.6. The summed E-state index contributed by atoms with van der Waals surface area (Å²) >= 11 is 0. The average Bonchev–Trinajstić information content (AvgIpc) is 2.97. The molecule has 0 saturated heterocycles. The fourth-order valence-corrected chi connectivity index (χ4v) is 5.04. The number of aromatic nitrogens is 2. The van der Waals surface area contributed by atoms with E-state index in [9.17, 15) is 27.9 Å². The Morgan fingerprint density at radius 3 is 2.12 bits per heavy atom. The van der Waals surface area contributed by atoms with Crippen LogP contribution in [0.5, 0.6) is 0 Å². The van der Waals surface area contributed by atoms with Crippen LogP contribution in [0.1, 0.15) is 33.1 Å². The van der Waals surface area contributed by atoms with Crippen LogP contribution in [0.15, 0.2) is 106 Å². The minimum Gasteiger partial charge on any atom is -0.388 e. The van der Waals surface area contributed by atoms with Crippen LogP contribution in [-0.4, -0.2) is 47.9 Å². The highest BCUT2D eigenvalue weighted by atomic mass is 32.2. The zero-order valence-electron chi connectivity index (χ0n) is 22.5. The second kappa shape index (κ2) is 13.0. The molecule has 214 valence electrons. The summed E-state index contributed by atoms with van der Waals surface area (Å²) in [6, 6.07) is 21.8. The molecule has 0 saturated carbocycles. The molecular formula is C30H30N2O8S. The molecule has 11 heteroatoms. The first-order valence-electron chi connectivity index (χ1n) is 12.8. The van der Waals surface area contributed by atoms with Crippen LogP contribution in [-0.2, 0) is 25.6 Å². The van der Waals surface area contributed by atoms with Crippen LogP contribution >= 0.6 is 0 Å². The topological polar surface area (TPSA) is 134 Å². The van der Waals surface area contributed by atoms with Gasteiger partial charge in [0.25, 0.3) is 21.6 Å². The molecule has 4 aromatic rings. The van der Waals surface area contributed by atoms with Gasteiger partial charge >= 0.3 is 5.69 Å². The smallest absolute Gasteiger partial charge is 0.338 e. The van der Waals surface area contributed by atoms with Gasteiger partial charge in [0.15, 0.2) is 0 Å². The predicted octanol–water partition coefficient (Wildman–Crippen LogP) is 2.84. The van der Waals surface area contributed by atoms with Gasteiger partial charge in [0, 0.05) is 17.3 Å². The minimum atomic E-state index is -4.23. The van der Waals surface area contributed by atoms with Crippen molar-refractivity contribution >= 4 is 16.0 Å². The molecular weight excluding hydrogens is 548 g/mol. The SMILES string of the molecule is Cc1ccc(S(=O)(=O)OC[C@@H](O)[C@@H](COCc2ccccc2)n2cc(C)c(=O)n(C(=O)c3ccccc3)c2=O)cc1. The van der Waals surface area contributed by atoms with Crippen LogP contribution in [0.25, 0.3) is 0 Å². The third-order valence-electron chi connectivity index (χ3n) is 6.41.